The first-order valence-corrected chi connectivity index (χ1v) is 9.90. The van der Waals surface area contributed by atoms with Gasteiger partial charge in [-0.05, 0) is 30.3 Å². The third-order valence-corrected chi connectivity index (χ3v) is 4.57. The summed E-state index contributed by atoms with van der Waals surface area (Å²) in [5.41, 5.74) is 2.38. The van der Waals surface area contributed by atoms with Crippen LogP contribution >= 0.6 is 0 Å². The summed E-state index contributed by atoms with van der Waals surface area (Å²) in [7, 11) is 0. The number of carbonyl (C=O) groups excluding carboxylic acids is 1. The fraction of sp³-hybridized carbons (Fsp3) is 0.174. The molecule has 8 heteroatoms. The first kappa shape index (κ1) is 20.3. The minimum Gasteiger partial charge on any atom is -0.487 e. The number of rotatable bonds is 8. The molecular formula is C23H22FN5O2. The number of ether oxygens (including phenoxy) is 1. The van der Waals surface area contributed by atoms with Crippen molar-refractivity contribution in [2.24, 2.45) is 0 Å². The molecule has 4 rings (SSSR count). The number of amides is 1. The summed E-state index contributed by atoms with van der Waals surface area (Å²) in [6, 6.07) is 17.5. The standard InChI is InChI=1S/C23H22FN5O2/c1-15(30)25-11-12-26-22-20-13-18(14-31-19-9-7-17(24)8-10-19)27-23(20)29-21(28-22)16-5-3-2-4-6-16/h2-10,13H,11-12,14H2,1H3,(H,25,30)(H2,26,27,28,29). The summed E-state index contributed by atoms with van der Waals surface area (Å²) in [6.45, 7) is 2.75. The Kier molecular flexibility index (Phi) is 6.07. The number of benzene rings is 2. The van der Waals surface area contributed by atoms with Crippen LogP contribution in [0.4, 0.5) is 10.2 Å². The Balaban J connectivity index is 1.60. The molecule has 2 aromatic heterocycles. The summed E-state index contributed by atoms with van der Waals surface area (Å²) in [5.74, 6) is 1.43. The van der Waals surface area contributed by atoms with Gasteiger partial charge in [-0.25, -0.2) is 14.4 Å². The first-order chi connectivity index (χ1) is 15.1. The second-order valence-electron chi connectivity index (χ2n) is 6.97. The Morgan fingerprint density at radius 2 is 1.84 bits per heavy atom. The van der Waals surface area contributed by atoms with Gasteiger partial charge in [0.15, 0.2) is 5.82 Å². The molecule has 0 atom stereocenters. The Morgan fingerprint density at radius 1 is 1.06 bits per heavy atom. The number of aromatic amines is 1. The lowest BCUT2D eigenvalue weighted by Crippen LogP contribution is -2.26. The average molecular weight is 419 g/mol. The monoisotopic (exact) mass is 419 g/mol. The van der Waals surface area contributed by atoms with E-state index in [-0.39, 0.29) is 18.3 Å². The molecule has 7 nitrogen and oxygen atoms in total. The van der Waals surface area contributed by atoms with E-state index in [1.54, 1.807) is 12.1 Å². The number of halogens is 1. The predicted molar refractivity (Wildman–Crippen MR) is 117 cm³/mol. The highest BCUT2D eigenvalue weighted by Gasteiger charge is 2.13. The van der Waals surface area contributed by atoms with Crippen molar-refractivity contribution < 1.29 is 13.9 Å². The van der Waals surface area contributed by atoms with Crippen LogP contribution in [0.1, 0.15) is 12.6 Å². The minimum absolute atomic E-state index is 0.0820. The van der Waals surface area contributed by atoms with Gasteiger partial charge < -0.3 is 20.4 Å². The fourth-order valence-electron chi connectivity index (χ4n) is 3.10. The third kappa shape index (κ3) is 5.16. The Labute approximate surface area is 178 Å². The molecule has 31 heavy (non-hydrogen) atoms. The van der Waals surface area contributed by atoms with E-state index in [1.807, 2.05) is 36.4 Å². The number of hydrogen-bond donors (Lipinski definition) is 3. The quantitative estimate of drug-likeness (QED) is 0.377. The van der Waals surface area contributed by atoms with E-state index in [0.29, 0.717) is 36.1 Å². The van der Waals surface area contributed by atoms with E-state index < -0.39 is 0 Å². The van der Waals surface area contributed by atoms with Crippen LogP contribution in [0.5, 0.6) is 5.75 Å². The summed E-state index contributed by atoms with van der Waals surface area (Å²) in [4.78, 5) is 23.7. The van der Waals surface area contributed by atoms with Gasteiger partial charge in [-0.1, -0.05) is 30.3 Å². The summed E-state index contributed by atoms with van der Waals surface area (Å²) >= 11 is 0. The maximum atomic E-state index is 13.1. The summed E-state index contributed by atoms with van der Waals surface area (Å²) in [5, 5.41) is 6.86. The van der Waals surface area contributed by atoms with Crippen molar-refractivity contribution in [3.8, 4) is 17.1 Å². The van der Waals surface area contributed by atoms with Crippen molar-refractivity contribution in [2.45, 2.75) is 13.5 Å². The van der Waals surface area contributed by atoms with Gasteiger partial charge in [-0.15, -0.1) is 0 Å². The molecule has 2 aromatic carbocycles. The molecule has 158 valence electrons. The van der Waals surface area contributed by atoms with E-state index in [4.69, 9.17) is 9.72 Å². The molecule has 0 spiro atoms. The smallest absolute Gasteiger partial charge is 0.216 e. The van der Waals surface area contributed by atoms with Crippen molar-refractivity contribution >= 4 is 22.8 Å². The summed E-state index contributed by atoms with van der Waals surface area (Å²) < 4.78 is 18.8. The van der Waals surface area contributed by atoms with Crippen molar-refractivity contribution in [1.29, 1.82) is 0 Å². The van der Waals surface area contributed by atoms with Crippen LogP contribution in [-0.4, -0.2) is 33.9 Å². The van der Waals surface area contributed by atoms with Crippen LogP contribution < -0.4 is 15.4 Å². The van der Waals surface area contributed by atoms with Gasteiger partial charge in [0, 0.05) is 25.6 Å². The zero-order valence-electron chi connectivity index (χ0n) is 17.0. The zero-order valence-corrected chi connectivity index (χ0v) is 17.0. The Morgan fingerprint density at radius 3 is 2.58 bits per heavy atom. The van der Waals surface area contributed by atoms with Gasteiger partial charge in [0.1, 0.15) is 29.6 Å². The average Bonchev–Trinajstić information content (AvgIpc) is 3.20. The molecule has 0 aliphatic heterocycles. The number of hydrogen-bond acceptors (Lipinski definition) is 5. The number of H-pyrrole nitrogens is 1. The summed E-state index contributed by atoms with van der Waals surface area (Å²) in [6.07, 6.45) is 0. The largest absolute Gasteiger partial charge is 0.487 e. The number of nitrogens with zero attached hydrogens (tertiary/aromatic N) is 2. The zero-order chi connectivity index (χ0) is 21.6. The molecule has 0 saturated heterocycles. The number of anilines is 1. The Bertz CT molecular complexity index is 1180. The normalized spacial score (nSPS) is 10.8. The molecule has 0 aliphatic carbocycles. The molecule has 0 bridgehead atoms. The van der Waals surface area contributed by atoms with Gasteiger partial charge in [-0.2, -0.15) is 0 Å². The highest BCUT2D eigenvalue weighted by Crippen LogP contribution is 2.26. The first-order valence-electron chi connectivity index (χ1n) is 9.90. The number of aromatic nitrogens is 3. The van der Waals surface area contributed by atoms with Gasteiger partial charge in [0.05, 0.1) is 11.1 Å². The van der Waals surface area contributed by atoms with Crippen molar-refractivity contribution in [2.75, 3.05) is 18.4 Å². The van der Waals surface area contributed by atoms with Crippen LogP contribution in [0.15, 0.2) is 60.7 Å². The van der Waals surface area contributed by atoms with E-state index in [9.17, 15) is 9.18 Å². The second-order valence-corrected chi connectivity index (χ2v) is 6.97. The molecule has 0 saturated carbocycles. The molecular weight excluding hydrogens is 397 g/mol. The van der Waals surface area contributed by atoms with Gasteiger partial charge >= 0.3 is 0 Å². The van der Waals surface area contributed by atoms with Crippen LogP contribution in [0.2, 0.25) is 0 Å². The SMILES string of the molecule is CC(=O)NCCNc1nc(-c2ccccc2)nc2[nH]c(COc3ccc(F)cc3)cc12. The maximum Gasteiger partial charge on any atom is 0.216 e. The van der Waals surface area contributed by atoms with E-state index in [1.165, 1.54) is 19.1 Å². The van der Waals surface area contributed by atoms with Crippen LogP contribution in [0, 0.1) is 5.82 Å². The molecule has 1 amide bonds. The van der Waals surface area contributed by atoms with E-state index in [0.717, 1.165) is 16.6 Å². The molecule has 0 radical (unpaired) electrons. The predicted octanol–water partition coefficient (Wildman–Crippen LogP) is 3.89. The van der Waals surface area contributed by atoms with E-state index in [2.05, 4.69) is 20.6 Å². The van der Waals surface area contributed by atoms with Crippen LogP contribution in [0.3, 0.4) is 0 Å². The lowest BCUT2D eigenvalue weighted by molar-refractivity contribution is -0.118. The topological polar surface area (TPSA) is 91.9 Å². The fourth-order valence-corrected chi connectivity index (χ4v) is 3.10. The number of nitrogens with one attached hydrogen (secondary N) is 3. The minimum atomic E-state index is -0.309. The van der Waals surface area contributed by atoms with Gasteiger partial charge in [-0.3, -0.25) is 4.79 Å². The lowest BCUT2D eigenvalue weighted by Gasteiger charge is -2.09. The second kappa shape index (κ2) is 9.25. The number of carbonyl (C=O) groups is 1. The Hall–Kier alpha value is -3.94. The molecule has 0 fully saturated rings. The van der Waals surface area contributed by atoms with Gasteiger partial charge in [0.2, 0.25) is 5.91 Å². The third-order valence-electron chi connectivity index (χ3n) is 4.57. The van der Waals surface area contributed by atoms with Crippen molar-refractivity contribution in [3.63, 3.8) is 0 Å². The van der Waals surface area contributed by atoms with Crippen LogP contribution in [-0.2, 0) is 11.4 Å². The van der Waals surface area contributed by atoms with Gasteiger partial charge in [0.25, 0.3) is 0 Å². The van der Waals surface area contributed by atoms with Crippen molar-refractivity contribution in [1.82, 2.24) is 20.3 Å². The molecule has 4 aromatic rings. The maximum absolute atomic E-state index is 13.1. The van der Waals surface area contributed by atoms with Crippen LogP contribution in [0.25, 0.3) is 22.4 Å². The van der Waals surface area contributed by atoms with E-state index >= 15 is 0 Å². The molecule has 2 heterocycles. The highest BCUT2D eigenvalue weighted by molar-refractivity contribution is 5.89. The molecule has 0 unspecified atom stereocenters. The lowest BCUT2D eigenvalue weighted by atomic mass is 10.2. The highest BCUT2D eigenvalue weighted by atomic mass is 19.1. The van der Waals surface area contributed by atoms with Crippen molar-refractivity contribution in [3.05, 3.63) is 72.2 Å². The molecule has 3 N–H and O–H groups in total. The number of fused-ring (bicyclic) bond motifs is 1. The molecule has 0 aliphatic rings.